The summed E-state index contributed by atoms with van der Waals surface area (Å²) in [6.07, 6.45) is 0.622. The molecule has 7 nitrogen and oxygen atoms in total. The molecule has 0 saturated carbocycles. The van der Waals surface area contributed by atoms with Crippen LogP contribution in [0.5, 0.6) is 0 Å². The topological polar surface area (TPSA) is 104 Å². The Bertz CT molecular complexity index is 758. The Balaban J connectivity index is 2.37. The molecule has 1 heterocycles. The zero-order valence-electron chi connectivity index (χ0n) is 13.9. The van der Waals surface area contributed by atoms with Gasteiger partial charge in [0.1, 0.15) is 6.04 Å². The first-order valence-electron chi connectivity index (χ1n) is 7.78. The summed E-state index contributed by atoms with van der Waals surface area (Å²) in [6, 6.07) is 3.52. The minimum absolute atomic E-state index is 0.0310. The molecule has 0 aromatic heterocycles. The molecule has 0 aliphatic carbocycles. The van der Waals surface area contributed by atoms with Crippen molar-refractivity contribution in [2.75, 3.05) is 11.4 Å². The van der Waals surface area contributed by atoms with Gasteiger partial charge in [-0.15, -0.1) is 0 Å². The second-order valence-electron chi connectivity index (χ2n) is 6.32. The number of nitrogens with one attached hydrogen (secondary N) is 1. The van der Waals surface area contributed by atoms with Crippen molar-refractivity contribution in [2.24, 2.45) is 5.92 Å². The van der Waals surface area contributed by atoms with Crippen LogP contribution in [0.1, 0.15) is 32.8 Å². The van der Waals surface area contributed by atoms with E-state index >= 15 is 0 Å². The largest absolute Gasteiger partial charge is 0.480 e. The first kappa shape index (κ1) is 18.4. The molecule has 1 unspecified atom stereocenters. The number of anilines is 1. The molecule has 1 aromatic rings. The number of carbonyl (C=O) groups excluding carboxylic acids is 1. The quantitative estimate of drug-likeness (QED) is 0.803. The normalized spacial score (nSPS) is 15.4. The number of nitrogens with zero attached hydrogens (tertiary/aromatic N) is 1. The van der Waals surface area contributed by atoms with E-state index in [-0.39, 0.29) is 23.1 Å². The molecule has 0 saturated heterocycles. The third kappa shape index (κ3) is 3.76. The van der Waals surface area contributed by atoms with Crippen LogP contribution in [0.25, 0.3) is 0 Å². The van der Waals surface area contributed by atoms with Gasteiger partial charge in [0, 0.05) is 19.2 Å². The highest BCUT2D eigenvalue weighted by atomic mass is 32.2. The first-order chi connectivity index (χ1) is 11.1. The van der Waals surface area contributed by atoms with Gasteiger partial charge in [0.2, 0.25) is 15.9 Å². The van der Waals surface area contributed by atoms with Gasteiger partial charge in [-0.05, 0) is 36.5 Å². The Morgan fingerprint density at radius 3 is 2.54 bits per heavy atom. The second-order valence-corrected chi connectivity index (χ2v) is 8.00. The van der Waals surface area contributed by atoms with Crippen LogP contribution in [0, 0.1) is 5.92 Å². The highest BCUT2D eigenvalue weighted by Crippen LogP contribution is 2.33. The molecular formula is C16H22N2O5S. The van der Waals surface area contributed by atoms with Crippen molar-refractivity contribution in [3.8, 4) is 0 Å². The van der Waals surface area contributed by atoms with Gasteiger partial charge in [0.15, 0.2) is 0 Å². The molecule has 8 heteroatoms. The van der Waals surface area contributed by atoms with Crippen LogP contribution in [-0.2, 0) is 26.0 Å². The van der Waals surface area contributed by atoms with Gasteiger partial charge in [0.25, 0.3) is 0 Å². The van der Waals surface area contributed by atoms with Crippen molar-refractivity contribution in [1.29, 1.82) is 0 Å². The molecule has 0 bridgehead atoms. The lowest BCUT2D eigenvalue weighted by atomic mass is 10.1. The fourth-order valence-corrected chi connectivity index (χ4v) is 4.39. The lowest BCUT2D eigenvalue weighted by molar-refractivity contribution is -0.139. The van der Waals surface area contributed by atoms with Gasteiger partial charge in [0.05, 0.1) is 4.90 Å². The number of rotatable bonds is 6. The van der Waals surface area contributed by atoms with Gasteiger partial charge in [-0.25, -0.2) is 8.42 Å². The summed E-state index contributed by atoms with van der Waals surface area (Å²) < 4.78 is 27.7. The number of carboxylic acid groups (broad SMARTS) is 1. The van der Waals surface area contributed by atoms with Gasteiger partial charge >= 0.3 is 5.97 Å². The van der Waals surface area contributed by atoms with E-state index in [1.807, 2.05) is 13.8 Å². The third-order valence-corrected chi connectivity index (χ3v) is 5.51. The number of carboxylic acids is 1. The summed E-state index contributed by atoms with van der Waals surface area (Å²) in [5.41, 5.74) is 1.12. The number of fused-ring (bicyclic) bond motifs is 1. The minimum Gasteiger partial charge on any atom is -0.480 e. The van der Waals surface area contributed by atoms with Gasteiger partial charge in [-0.3, -0.25) is 9.59 Å². The average Bonchev–Trinajstić information content (AvgIpc) is 2.89. The van der Waals surface area contributed by atoms with Crippen LogP contribution in [0.3, 0.4) is 0 Å². The molecule has 24 heavy (non-hydrogen) atoms. The molecule has 0 spiro atoms. The molecule has 0 radical (unpaired) electrons. The first-order valence-corrected chi connectivity index (χ1v) is 9.27. The smallest absolute Gasteiger partial charge is 0.321 e. The van der Waals surface area contributed by atoms with Gasteiger partial charge in [-0.1, -0.05) is 19.9 Å². The highest BCUT2D eigenvalue weighted by Gasteiger charge is 2.32. The van der Waals surface area contributed by atoms with Crippen LogP contribution in [-0.4, -0.2) is 38.0 Å². The SMILES string of the molecule is CC(=O)N1CCc2c1cccc2S(=O)(=O)NC(CC(C)C)C(=O)O. The molecular weight excluding hydrogens is 332 g/mol. The molecule has 1 aliphatic heterocycles. The molecule has 1 aliphatic rings. The lowest BCUT2D eigenvalue weighted by Gasteiger charge is -2.18. The Morgan fingerprint density at radius 1 is 1.33 bits per heavy atom. The summed E-state index contributed by atoms with van der Waals surface area (Å²) in [6.45, 7) is 5.51. The maximum absolute atomic E-state index is 12.7. The van der Waals surface area contributed by atoms with E-state index in [0.29, 0.717) is 24.2 Å². The summed E-state index contributed by atoms with van der Waals surface area (Å²) >= 11 is 0. The zero-order valence-corrected chi connectivity index (χ0v) is 14.8. The maximum Gasteiger partial charge on any atom is 0.321 e. The highest BCUT2D eigenvalue weighted by molar-refractivity contribution is 7.89. The number of sulfonamides is 1. The maximum atomic E-state index is 12.7. The predicted molar refractivity (Wildman–Crippen MR) is 89.4 cm³/mol. The number of hydrogen-bond acceptors (Lipinski definition) is 4. The summed E-state index contributed by atoms with van der Waals surface area (Å²) in [4.78, 5) is 24.5. The fourth-order valence-electron chi connectivity index (χ4n) is 2.90. The van der Waals surface area contributed by atoms with Gasteiger partial charge < -0.3 is 10.0 Å². The monoisotopic (exact) mass is 354 g/mol. The Hall–Kier alpha value is -1.93. The number of hydrogen-bond donors (Lipinski definition) is 2. The van der Waals surface area contributed by atoms with Crippen molar-refractivity contribution in [1.82, 2.24) is 4.72 Å². The zero-order chi connectivity index (χ0) is 18.1. The number of aliphatic carboxylic acids is 1. The summed E-state index contributed by atoms with van der Waals surface area (Å²) in [5, 5.41) is 9.26. The van der Waals surface area contributed by atoms with Crippen LogP contribution < -0.4 is 9.62 Å². The predicted octanol–water partition coefficient (Wildman–Crippen LogP) is 1.37. The third-order valence-electron chi connectivity index (χ3n) is 3.96. The van der Waals surface area contributed by atoms with E-state index in [1.54, 1.807) is 12.1 Å². The second kappa shape index (κ2) is 6.90. The number of benzene rings is 1. The van der Waals surface area contributed by atoms with E-state index in [4.69, 9.17) is 0 Å². The van der Waals surface area contributed by atoms with Crippen LogP contribution in [0.4, 0.5) is 5.69 Å². The lowest BCUT2D eigenvalue weighted by Crippen LogP contribution is -2.41. The Labute approximate surface area is 141 Å². The number of carbonyl (C=O) groups is 2. The number of amides is 1. The average molecular weight is 354 g/mol. The minimum atomic E-state index is -3.99. The molecule has 1 aromatic carbocycles. The fraction of sp³-hybridized carbons (Fsp3) is 0.500. The molecule has 1 amide bonds. The Kier molecular flexibility index (Phi) is 5.29. The van der Waals surface area contributed by atoms with Gasteiger partial charge in [-0.2, -0.15) is 4.72 Å². The van der Waals surface area contributed by atoms with Crippen LogP contribution >= 0.6 is 0 Å². The summed E-state index contributed by atoms with van der Waals surface area (Å²) in [7, 11) is -3.99. The molecule has 1 atom stereocenters. The van der Waals surface area contributed by atoms with E-state index in [1.165, 1.54) is 17.9 Å². The molecule has 0 fully saturated rings. The van der Waals surface area contributed by atoms with E-state index in [2.05, 4.69) is 4.72 Å². The standard InChI is InChI=1S/C16H22N2O5S/c1-10(2)9-13(16(20)21)17-24(22,23)15-6-4-5-14-12(15)7-8-18(14)11(3)19/h4-6,10,13,17H,7-9H2,1-3H3,(H,20,21). The van der Waals surface area contributed by atoms with Crippen molar-refractivity contribution < 1.29 is 23.1 Å². The van der Waals surface area contributed by atoms with E-state index in [0.717, 1.165) is 0 Å². The van der Waals surface area contributed by atoms with Crippen molar-refractivity contribution in [2.45, 2.75) is 44.6 Å². The molecule has 2 rings (SSSR count). The molecule has 2 N–H and O–H groups in total. The summed E-state index contributed by atoms with van der Waals surface area (Å²) in [5.74, 6) is -1.33. The van der Waals surface area contributed by atoms with Crippen molar-refractivity contribution >= 4 is 27.6 Å². The van der Waals surface area contributed by atoms with E-state index in [9.17, 15) is 23.1 Å². The van der Waals surface area contributed by atoms with Crippen LogP contribution in [0.2, 0.25) is 0 Å². The van der Waals surface area contributed by atoms with Crippen molar-refractivity contribution in [3.63, 3.8) is 0 Å². The van der Waals surface area contributed by atoms with Crippen LogP contribution in [0.15, 0.2) is 23.1 Å². The Morgan fingerprint density at radius 2 is 2.00 bits per heavy atom. The van der Waals surface area contributed by atoms with Crippen molar-refractivity contribution in [3.05, 3.63) is 23.8 Å². The molecule has 132 valence electrons. The van der Waals surface area contributed by atoms with E-state index < -0.39 is 22.0 Å².